The molecular formula is C42H40Cl2F6N2O6. The molecule has 2 saturated heterocycles. The van der Waals surface area contributed by atoms with E-state index in [2.05, 4.69) is 0 Å². The van der Waals surface area contributed by atoms with E-state index in [1.54, 1.807) is 46.2 Å². The van der Waals surface area contributed by atoms with E-state index in [1.165, 1.54) is 24.3 Å². The number of piperidine rings is 2. The van der Waals surface area contributed by atoms with Crippen LogP contribution in [-0.4, -0.2) is 57.1 Å². The fourth-order valence-corrected chi connectivity index (χ4v) is 8.11. The zero-order valence-electron chi connectivity index (χ0n) is 31.0. The van der Waals surface area contributed by atoms with Gasteiger partial charge in [0, 0.05) is 35.3 Å². The number of aliphatic carboxylic acids is 2. The van der Waals surface area contributed by atoms with E-state index in [0.29, 0.717) is 59.3 Å². The first-order valence-corrected chi connectivity index (χ1v) is 19.4. The fraction of sp³-hybridized carbons (Fsp3) is 0.381. The molecule has 0 amide bonds. The Morgan fingerprint density at radius 1 is 0.621 bits per heavy atom. The Labute approximate surface area is 340 Å². The van der Waals surface area contributed by atoms with Crippen LogP contribution >= 0.6 is 23.2 Å². The number of halogens is 8. The Hall–Kier alpha value is -4.50. The maximum Gasteiger partial charge on any atom is 0.419 e. The average Bonchev–Trinajstić information content (AvgIpc) is 3.17. The molecule has 4 aromatic rings. The van der Waals surface area contributed by atoms with Crippen LogP contribution in [0.4, 0.5) is 26.3 Å². The van der Waals surface area contributed by atoms with Crippen LogP contribution in [0.5, 0.6) is 11.5 Å². The molecule has 16 heteroatoms. The van der Waals surface area contributed by atoms with E-state index in [9.17, 15) is 46.1 Å². The zero-order valence-corrected chi connectivity index (χ0v) is 32.5. The van der Waals surface area contributed by atoms with E-state index in [4.69, 9.17) is 32.7 Å². The first-order valence-electron chi connectivity index (χ1n) is 18.7. The number of carboxylic acid groups (broad SMARTS) is 2. The molecule has 0 unspecified atom stereocenters. The predicted octanol–water partition coefficient (Wildman–Crippen LogP) is 10.7. The Balaban J connectivity index is 1.18. The lowest BCUT2D eigenvalue weighted by atomic mass is 10.00. The molecular weight excluding hydrogens is 813 g/mol. The zero-order chi connectivity index (χ0) is 41.8. The highest BCUT2D eigenvalue weighted by atomic mass is 35.5. The van der Waals surface area contributed by atoms with E-state index in [-0.39, 0.29) is 36.3 Å². The van der Waals surface area contributed by atoms with Crippen LogP contribution in [0.3, 0.4) is 0 Å². The smallest absolute Gasteiger partial charge is 0.419 e. The largest absolute Gasteiger partial charge is 0.488 e. The van der Waals surface area contributed by atoms with Crippen molar-refractivity contribution in [2.45, 2.75) is 89.3 Å². The lowest BCUT2D eigenvalue weighted by molar-refractivity contribution is -0.145. The molecule has 2 aliphatic heterocycles. The molecule has 2 N–H and O–H groups in total. The van der Waals surface area contributed by atoms with Crippen molar-refractivity contribution >= 4 is 35.1 Å². The van der Waals surface area contributed by atoms with Gasteiger partial charge in [-0.1, -0.05) is 84.6 Å². The van der Waals surface area contributed by atoms with Crippen molar-refractivity contribution in [3.05, 3.63) is 116 Å². The van der Waals surface area contributed by atoms with Crippen molar-refractivity contribution < 1.29 is 55.6 Å². The number of hydrogen-bond donors (Lipinski definition) is 2. The molecule has 0 bridgehead atoms. The third kappa shape index (κ3) is 10.2. The van der Waals surface area contributed by atoms with Crippen LogP contribution in [0.2, 0.25) is 10.0 Å². The van der Waals surface area contributed by atoms with Gasteiger partial charge in [-0.25, -0.2) is 0 Å². The summed E-state index contributed by atoms with van der Waals surface area (Å²) in [5.41, 5.74) is 0.00864. The highest BCUT2D eigenvalue weighted by molar-refractivity contribution is 6.37. The summed E-state index contributed by atoms with van der Waals surface area (Å²) in [6, 6.07) is 15.4. The van der Waals surface area contributed by atoms with Gasteiger partial charge in [-0.15, -0.1) is 0 Å². The van der Waals surface area contributed by atoms with Crippen LogP contribution in [-0.2, 0) is 48.2 Å². The highest BCUT2D eigenvalue weighted by Gasteiger charge is 2.37. The SMILES string of the molecule is O=C(O)[C@@H]1CCCCN1Cc1ccc(OCc2cccc(-c3cccc(COc4ccc(CN5CCCC[C@H]5C(=O)O)cc4C(F)(F)F)c3Cl)c2Cl)c(C(F)(F)F)c1. The van der Waals surface area contributed by atoms with Crippen molar-refractivity contribution in [2.24, 2.45) is 0 Å². The molecule has 2 fully saturated rings. The minimum atomic E-state index is -4.78. The first kappa shape index (κ1) is 43.1. The number of nitrogens with zero attached hydrogens (tertiary/aromatic N) is 2. The highest BCUT2D eigenvalue weighted by Crippen LogP contribution is 2.42. The monoisotopic (exact) mass is 852 g/mol. The average molecular weight is 854 g/mol. The molecule has 0 radical (unpaired) electrons. The summed E-state index contributed by atoms with van der Waals surface area (Å²) in [6.07, 6.45) is -5.76. The van der Waals surface area contributed by atoms with Crippen LogP contribution in [0.15, 0.2) is 72.8 Å². The molecule has 6 rings (SSSR count). The van der Waals surface area contributed by atoms with Gasteiger partial charge in [0.25, 0.3) is 0 Å². The lowest BCUT2D eigenvalue weighted by Crippen LogP contribution is -2.44. The van der Waals surface area contributed by atoms with Crippen LogP contribution < -0.4 is 9.47 Å². The number of carboxylic acids is 2. The van der Waals surface area contributed by atoms with E-state index < -0.39 is 59.0 Å². The number of alkyl halides is 6. The summed E-state index contributed by atoms with van der Waals surface area (Å²) in [7, 11) is 0. The van der Waals surface area contributed by atoms with Crippen LogP contribution in [0.25, 0.3) is 11.1 Å². The van der Waals surface area contributed by atoms with Crippen LogP contribution in [0.1, 0.15) is 71.9 Å². The molecule has 58 heavy (non-hydrogen) atoms. The van der Waals surface area contributed by atoms with Gasteiger partial charge < -0.3 is 19.7 Å². The Kier molecular flexibility index (Phi) is 13.5. The maximum absolute atomic E-state index is 14.3. The summed E-state index contributed by atoms with van der Waals surface area (Å²) >= 11 is 13.6. The summed E-state index contributed by atoms with van der Waals surface area (Å²) in [5, 5.41) is 19.4. The van der Waals surface area contributed by atoms with Crippen molar-refractivity contribution in [1.82, 2.24) is 9.80 Å². The molecule has 0 saturated carbocycles. The lowest BCUT2D eigenvalue weighted by Gasteiger charge is -2.33. The standard InChI is InChI=1S/C42H40Cl2F6N2O6/c43-37-27(23-57-35-15-13-25(19-31(35)41(45,46)47)21-51-17-3-1-11-33(51)39(53)54)7-5-9-29(37)30-10-6-8-28(38(30)44)24-58-36-16-14-26(20-32(36)42(48,49)50)22-52-18-4-2-12-34(52)40(55)56/h5-10,13-16,19-20,33-34H,1-4,11-12,17-18,21-24H2,(H,53,54)(H,55,56)/t33-,34-/m0/s1. The summed E-state index contributed by atoms with van der Waals surface area (Å²) < 4.78 is 97.0. The van der Waals surface area contributed by atoms with Gasteiger partial charge in [0.1, 0.15) is 36.8 Å². The van der Waals surface area contributed by atoms with Gasteiger partial charge >= 0.3 is 24.3 Å². The second kappa shape index (κ2) is 18.2. The number of hydrogen-bond acceptors (Lipinski definition) is 6. The van der Waals surface area contributed by atoms with E-state index in [1.807, 2.05) is 0 Å². The first-order chi connectivity index (χ1) is 27.5. The van der Waals surface area contributed by atoms with Gasteiger partial charge in [0.05, 0.1) is 21.2 Å². The predicted molar refractivity (Wildman–Crippen MR) is 205 cm³/mol. The second-order valence-electron chi connectivity index (χ2n) is 14.4. The Bertz CT molecular complexity index is 1980. The molecule has 0 aromatic heterocycles. The third-order valence-corrected chi connectivity index (χ3v) is 11.4. The van der Waals surface area contributed by atoms with Crippen LogP contribution in [0, 0.1) is 0 Å². The number of ether oxygens (including phenoxy) is 2. The molecule has 0 spiro atoms. The normalized spacial score (nSPS) is 18.2. The molecule has 2 aliphatic rings. The quantitative estimate of drug-likeness (QED) is 0.128. The molecule has 2 atom stereocenters. The minimum absolute atomic E-state index is 0.0320. The number of carbonyl (C=O) groups is 2. The molecule has 2 heterocycles. The summed E-state index contributed by atoms with van der Waals surface area (Å²) in [4.78, 5) is 26.8. The molecule has 8 nitrogen and oxygen atoms in total. The van der Waals surface area contributed by atoms with Gasteiger partial charge in [-0.3, -0.25) is 19.4 Å². The van der Waals surface area contributed by atoms with Crippen molar-refractivity contribution in [1.29, 1.82) is 0 Å². The van der Waals surface area contributed by atoms with Gasteiger partial charge in [-0.05, 0) is 74.2 Å². The molecule has 310 valence electrons. The van der Waals surface area contributed by atoms with Crippen molar-refractivity contribution in [3.63, 3.8) is 0 Å². The van der Waals surface area contributed by atoms with Gasteiger partial charge in [-0.2, -0.15) is 26.3 Å². The maximum atomic E-state index is 14.3. The van der Waals surface area contributed by atoms with E-state index >= 15 is 0 Å². The van der Waals surface area contributed by atoms with Crippen molar-refractivity contribution in [3.8, 4) is 22.6 Å². The number of rotatable bonds is 13. The van der Waals surface area contributed by atoms with Gasteiger partial charge in [0.2, 0.25) is 0 Å². The fourth-order valence-electron chi connectivity index (χ4n) is 7.54. The number of benzene rings is 4. The van der Waals surface area contributed by atoms with Gasteiger partial charge in [0.15, 0.2) is 0 Å². The topological polar surface area (TPSA) is 99.5 Å². The summed E-state index contributed by atoms with van der Waals surface area (Å²) in [6.45, 7) is 0.266. The Morgan fingerprint density at radius 3 is 1.38 bits per heavy atom. The Morgan fingerprint density at radius 2 is 1.02 bits per heavy atom. The summed E-state index contributed by atoms with van der Waals surface area (Å²) in [5.74, 6) is -2.91. The molecule has 4 aromatic carbocycles. The van der Waals surface area contributed by atoms with Crippen molar-refractivity contribution in [2.75, 3.05) is 13.1 Å². The van der Waals surface area contributed by atoms with E-state index in [0.717, 1.165) is 37.8 Å². The second-order valence-corrected chi connectivity index (χ2v) is 15.2. The minimum Gasteiger partial charge on any atom is -0.488 e. The molecule has 0 aliphatic carbocycles. The third-order valence-electron chi connectivity index (χ3n) is 10.5. The number of likely N-dealkylation sites (tertiary alicyclic amines) is 2.